The van der Waals surface area contributed by atoms with Crippen LogP contribution in [0.2, 0.25) is 0 Å². The monoisotopic (exact) mass is 464 g/mol. The number of carbonyl (C=O) groups excluding carboxylic acids is 1. The maximum atomic E-state index is 12.6. The van der Waals surface area contributed by atoms with Crippen LogP contribution in [0.3, 0.4) is 0 Å². The molecule has 0 radical (unpaired) electrons. The Labute approximate surface area is 187 Å². The van der Waals surface area contributed by atoms with Gasteiger partial charge >= 0.3 is 6.18 Å². The first-order valence-electron chi connectivity index (χ1n) is 10.3. The third kappa shape index (κ3) is 4.64. The highest BCUT2D eigenvalue weighted by Crippen LogP contribution is 2.35. The van der Waals surface area contributed by atoms with E-state index in [9.17, 15) is 23.1 Å². The number of carbonyl (C=O) groups is 1. The third-order valence-electron chi connectivity index (χ3n) is 5.69. The van der Waals surface area contributed by atoms with Gasteiger partial charge in [-0.3, -0.25) is 4.79 Å². The first kappa shape index (κ1) is 22.6. The van der Waals surface area contributed by atoms with E-state index in [2.05, 4.69) is 32.2 Å². The maximum Gasteiger partial charge on any atom is 0.433 e. The number of fused-ring (bicyclic) bond motifs is 1. The Kier molecular flexibility index (Phi) is 5.76. The fourth-order valence-electron chi connectivity index (χ4n) is 3.91. The second kappa shape index (κ2) is 8.41. The Bertz CT molecular complexity index is 1070. The van der Waals surface area contributed by atoms with Gasteiger partial charge < -0.3 is 25.4 Å². The number of aryl methyl sites for hydroxylation is 1. The number of nitrogens with zero attached hydrogens (tertiary/aromatic N) is 4. The molecular weight excluding hydrogens is 441 g/mol. The molecule has 3 N–H and O–H groups in total. The van der Waals surface area contributed by atoms with Crippen LogP contribution in [0.5, 0.6) is 5.75 Å². The lowest BCUT2D eigenvalue weighted by atomic mass is 9.81. The Morgan fingerprint density at radius 2 is 2.09 bits per heavy atom. The van der Waals surface area contributed by atoms with Gasteiger partial charge in [-0.2, -0.15) is 18.2 Å². The van der Waals surface area contributed by atoms with Crippen LogP contribution in [0.25, 0.3) is 0 Å². The molecule has 9 nitrogen and oxygen atoms in total. The zero-order valence-corrected chi connectivity index (χ0v) is 18.0. The van der Waals surface area contributed by atoms with E-state index >= 15 is 0 Å². The fraction of sp³-hybridized carbons (Fsp3) is 0.429. The smallest absolute Gasteiger partial charge is 0.433 e. The second-order valence-corrected chi connectivity index (χ2v) is 8.19. The first-order valence-corrected chi connectivity index (χ1v) is 10.3. The van der Waals surface area contributed by atoms with Gasteiger partial charge in [0.05, 0.1) is 18.5 Å². The van der Waals surface area contributed by atoms with Crippen molar-refractivity contribution in [1.29, 1.82) is 0 Å². The van der Waals surface area contributed by atoms with Crippen molar-refractivity contribution >= 4 is 23.4 Å². The molecule has 1 atom stereocenters. The highest BCUT2D eigenvalue weighted by molar-refractivity contribution is 6.04. The molecule has 0 spiro atoms. The first-order chi connectivity index (χ1) is 15.5. The van der Waals surface area contributed by atoms with E-state index in [1.807, 2.05) is 0 Å². The molecule has 1 saturated carbocycles. The second-order valence-electron chi connectivity index (χ2n) is 8.19. The Hall–Kier alpha value is -3.57. The van der Waals surface area contributed by atoms with Gasteiger partial charge in [-0.15, -0.1) is 0 Å². The molecule has 1 fully saturated rings. The van der Waals surface area contributed by atoms with E-state index in [-0.39, 0.29) is 23.5 Å². The average molecular weight is 464 g/mol. The topological polar surface area (TPSA) is 112 Å². The maximum absolute atomic E-state index is 12.6. The number of rotatable bonds is 6. The quantitative estimate of drug-likeness (QED) is 0.559. The van der Waals surface area contributed by atoms with E-state index in [0.29, 0.717) is 29.8 Å². The Morgan fingerprint density at radius 1 is 1.36 bits per heavy atom. The van der Waals surface area contributed by atoms with Gasteiger partial charge in [-0.1, -0.05) is 6.58 Å². The lowest BCUT2D eigenvalue weighted by Gasteiger charge is -2.37. The molecule has 1 aliphatic heterocycles. The van der Waals surface area contributed by atoms with Crippen LogP contribution in [-0.4, -0.2) is 51.7 Å². The highest BCUT2D eigenvalue weighted by Gasteiger charge is 2.36. The molecule has 33 heavy (non-hydrogen) atoms. The summed E-state index contributed by atoms with van der Waals surface area (Å²) < 4.78 is 43.3. The van der Waals surface area contributed by atoms with Crippen LogP contribution in [0, 0.1) is 12.8 Å². The Balaban J connectivity index is 1.32. The van der Waals surface area contributed by atoms with E-state index < -0.39 is 23.8 Å². The molecule has 4 rings (SSSR count). The summed E-state index contributed by atoms with van der Waals surface area (Å²) in [5, 5.41) is 15.7. The molecule has 12 heteroatoms. The van der Waals surface area contributed by atoms with Crippen LogP contribution in [0.1, 0.15) is 24.2 Å². The van der Waals surface area contributed by atoms with Gasteiger partial charge in [0.25, 0.3) is 5.91 Å². The number of aliphatic hydroxyl groups excluding tert-OH is 1. The third-order valence-corrected chi connectivity index (χ3v) is 5.69. The lowest BCUT2D eigenvalue weighted by Crippen LogP contribution is -2.48. The molecule has 0 unspecified atom stereocenters. The molecule has 3 heterocycles. The number of nitrogens with one attached hydrogen (secondary N) is 2. The number of amides is 1. The van der Waals surface area contributed by atoms with Crippen molar-refractivity contribution in [2.24, 2.45) is 5.92 Å². The largest absolute Gasteiger partial charge is 0.510 e. The van der Waals surface area contributed by atoms with Crippen LogP contribution >= 0.6 is 0 Å². The molecule has 1 aliphatic carbocycles. The number of alkyl halides is 3. The summed E-state index contributed by atoms with van der Waals surface area (Å²) in [6, 6.07) is 1.32. The number of anilines is 3. The fourth-order valence-corrected chi connectivity index (χ4v) is 3.91. The van der Waals surface area contributed by atoms with Gasteiger partial charge in [0.15, 0.2) is 11.9 Å². The minimum absolute atomic E-state index is 0.105. The summed E-state index contributed by atoms with van der Waals surface area (Å²) >= 11 is 0. The molecule has 0 aromatic carbocycles. The molecule has 2 aliphatic rings. The summed E-state index contributed by atoms with van der Waals surface area (Å²) in [6.45, 7) is 5.58. The van der Waals surface area contributed by atoms with E-state index in [1.165, 1.54) is 6.07 Å². The normalized spacial score (nSPS) is 22.2. The number of hydrogen-bond donors (Lipinski definition) is 3. The average Bonchev–Trinajstić information content (AvgIpc) is 2.70. The molecular formula is C21H23F3N6O3. The predicted molar refractivity (Wildman–Crippen MR) is 114 cm³/mol. The van der Waals surface area contributed by atoms with Crippen molar-refractivity contribution in [2.75, 3.05) is 29.2 Å². The van der Waals surface area contributed by atoms with Gasteiger partial charge in [0, 0.05) is 13.1 Å². The molecule has 1 amide bonds. The molecule has 0 saturated heterocycles. The summed E-state index contributed by atoms with van der Waals surface area (Å²) in [5.74, 6) is 0.698. The summed E-state index contributed by atoms with van der Waals surface area (Å²) in [5.41, 5.74) is 0.109. The summed E-state index contributed by atoms with van der Waals surface area (Å²) in [7, 11) is 1.65. The van der Waals surface area contributed by atoms with Crippen molar-refractivity contribution in [2.45, 2.75) is 38.0 Å². The minimum Gasteiger partial charge on any atom is -0.510 e. The minimum atomic E-state index is -4.48. The number of aliphatic hydroxyl groups is 1. The van der Waals surface area contributed by atoms with Crippen LogP contribution in [0.4, 0.5) is 30.6 Å². The van der Waals surface area contributed by atoms with Crippen molar-refractivity contribution in [1.82, 2.24) is 15.0 Å². The summed E-state index contributed by atoms with van der Waals surface area (Å²) in [6.07, 6.45) is -1.85. The number of pyridine rings is 1. The van der Waals surface area contributed by atoms with Gasteiger partial charge in [0.2, 0.25) is 5.95 Å². The molecule has 2 aromatic rings. The van der Waals surface area contributed by atoms with Crippen LogP contribution < -0.4 is 20.3 Å². The van der Waals surface area contributed by atoms with Gasteiger partial charge in [-0.25, -0.2) is 9.97 Å². The number of ether oxygens (including phenoxy) is 1. The van der Waals surface area contributed by atoms with Crippen LogP contribution in [-0.2, 0) is 11.0 Å². The molecule has 176 valence electrons. The number of halogens is 3. The van der Waals surface area contributed by atoms with Crippen molar-refractivity contribution < 1.29 is 27.8 Å². The zero-order valence-electron chi connectivity index (χ0n) is 18.0. The Morgan fingerprint density at radius 3 is 2.70 bits per heavy atom. The number of hydrogen-bond acceptors (Lipinski definition) is 8. The van der Waals surface area contributed by atoms with E-state index in [1.54, 1.807) is 18.9 Å². The van der Waals surface area contributed by atoms with Gasteiger partial charge in [0.1, 0.15) is 22.9 Å². The molecule has 2 aromatic heterocycles. The predicted octanol–water partition coefficient (Wildman–Crippen LogP) is 3.30. The highest BCUT2D eigenvalue weighted by atomic mass is 19.4. The standard InChI is InChI=1S/C21H23F3N6O3/c1-10-16-18(30(3)17(11(2)31)19(32)28-16)29-20(26-10)27-13-6-12(7-13)9-33-14-4-5-15(25-8-14)21(22,23)24/h4-5,8,12-13,17,31H,2,6-7,9H2,1,3H3,(H,28,32)(H,26,27,29)/t12-,13+,17-/m0/s1. The number of aromatic nitrogens is 3. The number of likely N-dealkylation sites (N-methyl/N-ethyl adjacent to an activating group) is 1. The SMILES string of the molecule is C=C(O)[C@H]1C(=O)Nc2c(C)nc(N[C@H]3C[C@@H](COc4ccc(C(F)(F)F)nc4)C3)nc2N1C. The van der Waals surface area contributed by atoms with E-state index in [0.717, 1.165) is 25.1 Å². The van der Waals surface area contributed by atoms with Crippen molar-refractivity contribution in [3.63, 3.8) is 0 Å². The van der Waals surface area contributed by atoms with Crippen LogP contribution in [0.15, 0.2) is 30.7 Å². The zero-order chi connectivity index (χ0) is 23.9. The van der Waals surface area contributed by atoms with Crippen molar-refractivity contribution in [3.8, 4) is 5.75 Å². The summed E-state index contributed by atoms with van der Waals surface area (Å²) in [4.78, 5) is 26.1. The molecule has 0 bridgehead atoms. The van der Waals surface area contributed by atoms with Crippen molar-refractivity contribution in [3.05, 3.63) is 42.1 Å². The van der Waals surface area contributed by atoms with Gasteiger partial charge in [-0.05, 0) is 37.8 Å². The van der Waals surface area contributed by atoms with E-state index in [4.69, 9.17) is 4.74 Å². The lowest BCUT2D eigenvalue weighted by molar-refractivity contribution is -0.141.